The van der Waals surface area contributed by atoms with Crippen molar-refractivity contribution in [2.75, 3.05) is 0 Å². The van der Waals surface area contributed by atoms with Crippen molar-refractivity contribution in [2.24, 2.45) is 0 Å². The van der Waals surface area contributed by atoms with E-state index < -0.39 is 5.60 Å². The van der Waals surface area contributed by atoms with E-state index in [1.165, 1.54) is 12.1 Å². The quantitative estimate of drug-likeness (QED) is 0.531. The van der Waals surface area contributed by atoms with Gasteiger partial charge < -0.3 is 9.47 Å². The van der Waals surface area contributed by atoms with Crippen LogP contribution in [0.3, 0.4) is 0 Å². The smallest absolute Gasteiger partial charge is 0.306 e. The van der Waals surface area contributed by atoms with Crippen molar-refractivity contribution in [1.82, 2.24) is 0 Å². The first-order valence-corrected chi connectivity index (χ1v) is 8.45. The van der Waals surface area contributed by atoms with Crippen LogP contribution in [0.1, 0.15) is 49.5 Å². The molecule has 0 spiro atoms. The number of carbonyl (C=O) groups is 2. The lowest BCUT2D eigenvalue weighted by molar-refractivity contribution is -0.154. The van der Waals surface area contributed by atoms with Gasteiger partial charge in [-0.2, -0.15) is 0 Å². The number of ketones is 1. The topological polar surface area (TPSA) is 52.6 Å². The highest BCUT2D eigenvalue weighted by molar-refractivity contribution is 5.97. The van der Waals surface area contributed by atoms with Gasteiger partial charge in [0.25, 0.3) is 0 Å². The molecule has 2 aromatic rings. The molecule has 4 nitrogen and oxygen atoms in total. The third-order valence-electron chi connectivity index (χ3n) is 3.47. The van der Waals surface area contributed by atoms with Gasteiger partial charge in [-0.1, -0.05) is 12.1 Å². The Morgan fingerprint density at radius 2 is 1.54 bits per heavy atom. The molecule has 0 aromatic heterocycles. The van der Waals surface area contributed by atoms with E-state index in [1.807, 2.05) is 0 Å². The second kappa shape index (κ2) is 8.61. The first kappa shape index (κ1) is 19.6. The Morgan fingerprint density at radius 1 is 0.923 bits per heavy atom. The normalized spacial score (nSPS) is 11.1. The van der Waals surface area contributed by atoms with Gasteiger partial charge in [0.2, 0.25) is 0 Å². The fraction of sp³-hybridized carbons (Fsp3) is 0.333. The van der Waals surface area contributed by atoms with Crippen LogP contribution in [-0.4, -0.2) is 17.4 Å². The fourth-order valence-electron chi connectivity index (χ4n) is 2.24. The van der Waals surface area contributed by atoms with Gasteiger partial charge in [0.15, 0.2) is 5.78 Å². The minimum atomic E-state index is -0.552. The number of halogens is 1. The summed E-state index contributed by atoms with van der Waals surface area (Å²) in [5.41, 5.74) is 0.815. The van der Waals surface area contributed by atoms with Gasteiger partial charge in [-0.05, 0) is 62.7 Å². The monoisotopic (exact) mass is 358 g/mol. The maximum atomic E-state index is 12.9. The van der Waals surface area contributed by atoms with Crippen LogP contribution in [0.25, 0.3) is 0 Å². The Bertz CT molecular complexity index is 743. The summed E-state index contributed by atoms with van der Waals surface area (Å²) < 4.78 is 23.7. The van der Waals surface area contributed by atoms with Gasteiger partial charge in [0.1, 0.15) is 23.8 Å². The number of hydrogen-bond donors (Lipinski definition) is 0. The summed E-state index contributed by atoms with van der Waals surface area (Å²) in [7, 11) is 0. The van der Waals surface area contributed by atoms with E-state index in [4.69, 9.17) is 9.47 Å². The maximum Gasteiger partial charge on any atom is 0.306 e. The third kappa shape index (κ3) is 6.67. The Morgan fingerprint density at radius 3 is 2.12 bits per heavy atom. The second-order valence-electron chi connectivity index (χ2n) is 6.95. The molecular formula is C21H23FO4. The number of esters is 1. The van der Waals surface area contributed by atoms with Crippen LogP contribution in [0.5, 0.6) is 5.75 Å². The lowest BCUT2D eigenvalue weighted by Crippen LogP contribution is -2.24. The molecule has 138 valence electrons. The lowest BCUT2D eigenvalue weighted by atomic mass is 10.1. The van der Waals surface area contributed by atoms with E-state index in [9.17, 15) is 14.0 Å². The Hall–Kier alpha value is -2.69. The van der Waals surface area contributed by atoms with Crippen LogP contribution in [0.2, 0.25) is 0 Å². The summed E-state index contributed by atoms with van der Waals surface area (Å²) in [6.07, 6.45) is 0.156. The molecule has 0 amide bonds. The molecule has 2 rings (SSSR count). The Labute approximate surface area is 152 Å². The molecule has 0 atom stereocenters. The summed E-state index contributed by atoms with van der Waals surface area (Å²) in [5.74, 6) is -0.188. The average molecular weight is 358 g/mol. The SMILES string of the molecule is CC(C)(C)OC(=O)CCC(=O)c1ccc(OCc2ccc(F)cc2)cc1. The van der Waals surface area contributed by atoms with Crippen LogP contribution >= 0.6 is 0 Å². The van der Waals surface area contributed by atoms with E-state index in [0.29, 0.717) is 17.9 Å². The van der Waals surface area contributed by atoms with Crippen molar-refractivity contribution in [3.05, 3.63) is 65.5 Å². The summed E-state index contributed by atoms with van der Waals surface area (Å²) >= 11 is 0. The van der Waals surface area contributed by atoms with Crippen molar-refractivity contribution in [3.8, 4) is 5.75 Å². The number of Topliss-reactive ketones (excluding diaryl/α,β-unsaturated/α-hetero) is 1. The standard InChI is InChI=1S/C21H23FO4/c1-21(2,3)26-20(24)13-12-19(23)16-6-10-18(11-7-16)25-14-15-4-8-17(22)9-5-15/h4-11H,12-14H2,1-3H3. The maximum absolute atomic E-state index is 12.9. The van der Waals surface area contributed by atoms with Crippen LogP contribution < -0.4 is 4.74 Å². The third-order valence-corrected chi connectivity index (χ3v) is 3.47. The van der Waals surface area contributed by atoms with Crippen LogP contribution in [-0.2, 0) is 16.1 Å². The molecule has 0 N–H and O–H groups in total. The number of benzene rings is 2. The molecule has 0 unspecified atom stereocenters. The summed E-state index contributed by atoms with van der Waals surface area (Å²) in [5, 5.41) is 0. The number of hydrogen-bond acceptors (Lipinski definition) is 4. The molecule has 0 saturated carbocycles. The first-order valence-electron chi connectivity index (χ1n) is 8.45. The predicted octanol–water partition coefficient (Wildman–Crippen LogP) is 4.71. The molecule has 26 heavy (non-hydrogen) atoms. The fourth-order valence-corrected chi connectivity index (χ4v) is 2.24. The highest BCUT2D eigenvalue weighted by atomic mass is 19.1. The highest BCUT2D eigenvalue weighted by Gasteiger charge is 2.17. The van der Waals surface area contributed by atoms with Crippen molar-refractivity contribution >= 4 is 11.8 Å². The van der Waals surface area contributed by atoms with Gasteiger partial charge in [-0.15, -0.1) is 0 Å². The summed E-state index contributed by atoms with van der Waals surface area (Å²) in [4.78, 5) is 23.8. The Kier molecular flexibility index (Phi) is 6.50. The molecule has 5 heteroatoms. The molecule has 0 radical (unpaired) electrons. The van der Waals surface area contributed by atoms with E-state index in [2.05, 4.69) is 0 Å². The highest BCUT2D eigenvalue weighted by Crippen LogP contribution is 2.17. The average Bonchev–Trinajstić information content (AvgIpc) is 2.58. The van der Waals surface area contributed by atoms with Crippen molar-refractivity contribution in [2.45, 2.75) is 45.8 Å². The minimum Gasteiger partial charge on any atom is -0.489 e. The number of rotatable bonds is 7. The Balaban J connectivity index is 1.83. The van der Waals surface area contributed by atoms with Gasteiger partial charge in [0, 0.05) is 12.0 Å². The molecular weight excluding hydrogens is 335 g/mol. The summed E-state index contributed by atoms with van der Waals surface area (Å²) in [6.45, 7) is 5.68. The van der Waals surface area contributed by atoms with E-state index in [0.717, 1.165) is 5.56 Å². The minimum absolute atomic E-state index is 0.0545. The van der Waals surface area contributed by atoms with E-state index in [-0.39, 0.29) is 30.4 Å². The molecule has 0 fully saturated rings. The molecule has 0 bridgehead atoms. The zero-order valence-corrected chi connectivity index (χ0v) is 15.3. The summed E-state index contributed by atoms with van der Waals surface area (Å²) in [6, 6.07) is 12.8. The molecule has 0 aliphatic rings. The zero-order valence-electron chi connectivity index (χ0n) is 15.3. The molecule has 0 saturated heterocycles. The van der Waals surface area contributed by atoms with Crippen molar-refractivity contribution in [3.63, 3.8) is 0 Å². The van der Waals surface area contributed by atoms with E-state index >= 15 is 0 Å². The van der Waals surface area contributed by atoms with Crippen LogP contribution in [0, 0.1) is 5.82 Å². The van der Waals surface area contributed by atoms with E-state index in [1.54, 1.807) is 57.2 Å². The first-order chi connectivity index (χ1) is 12.2. The zero-order chi connectivity index (χ0) is 19.2. The van der Waals surface area contributed by atoms with Gasteiger partial charge >= 0.3 is 5.97 Å². The number of carbonyl (C=O) groups excluding carboxylic acids is 2. The molecule has 0 heterocycles. The van der Waals surface area contributed by atoms with Crippen molar-refractivity contribution < 1.29 is 23.5 Å². The number of ether oxygens (including phenoxy) is 2. The largest absolute Gasteiger partial charge is 0.489 e. The van der Waals surface area contributed by atoms with Gasteiger partial charge in [-0.25, -0.2) is 4.39 Å². The van der Waals surface area contributed by atoms with Crippen LogP contribution in [0.4, 0.5) is 4.39 Å². The second-order valence-corrected chi connectivity index (χ2v) is 6.95. The van der Waals surface area contributed by atoms with Crippen molar-refractivity contribution in [1.29, 1.82) is 0 Å². The molecule has 0 aliphatic carbocycles. The lowest BCUT2D eigenvalue weighted by Gasteiger charge is -2.19. The van der Waals surface area contributed by atoms with Gasteiger partial charge in [-0.3, -0.25) is 9.59 Å². The van der Waals surface area contributed by atoms with Crippen LogP contribution in [0.15, 0.2) is 48.5 Å². The molecule has 0 aliphatic heterocycles. The molecule has 2 aromatic carbocycles. The van der Waals surface area contributed by atoms with Gasteiger partial charge in [0.05, 0.1) is 6.42 Å². The predicted molar refractivity (Wildman–Crippen MR) is 96.6 cm³/mol.